The lowest BCUT2D eigenvalue weighted by Crippen LogP contribution is -2.36. The van der Waals surface area contributed by atoms with E-state index < -0.39 is 11.0 Å². The van der Waals surface area contributed by atoms with Crippen LogP contribution in [-0.4, -0.2) is 16.3 Å². The maximum atomic E-state index is 13.6. The van der Waals surface area contributed by atoms with Crippen molar-refractivity contribution in [2.45, 2.75) is 6.04 Å². The summed E-state index contributed by atoms with van der Waals surface area (Å²) < 4.78 is 12.6. The molecule has 1 aromatic heterocycles. The van der Waals surface area contributed by atoms with Gasteiger partial charge < -0.3 is 9.47 Å². The van der Waals surface area contributed by atoms with Crippen LogP contribution in [0.3, 0.4) is 0 Å². The molecule has 178 valence electrons. The number of hydrogen-bond donors (Lipinski definition) is 0. The van der Waals surface area contributed by atoms with Gasteiger partial charge in [-0.1, -0.05) is 65.4 Å². The van der Waals surface area contributed by atoms with Gasteiger partial charge >= 0.3 is 0 Å². The van der Waals surface area contributed by atoms with Crippen LogP contribution >= 0.6 is 22.9 Å². The maximum absolute atomic E-state index is 13.6. The van der Waals surface area contributed by atoms with E-state index in [0.717, 1.165) is 16.8 Å². The van der Waals surface area contributed by atoms with Gasteiger partial charge in [0.1, 0.15) is 0 Å². The molecule has 8 nitrogen and oxygen atoms in total. The van der Waals surface area contributed by atoms with Crippen LogP contribution in [0, 0.1) is 10.1 Å². The molecule has 0 N–H and O–H groups in total. The average molecular weight is 518 g/mol. The van der Waals surface area contributed by atoms with Crippen LogP contribution in [0.15, 0.2) is 82.6 Å². The molecule has 0 amide bonds. The van der Waals surface area contributed by atoms with E-state index in [1.54, 1.807) is 16.7 Å². The Morgan fingerprint density at radius 3 is 2.53 bits per heavy atom. The summed E-state index contributed by atoms with van der Waals surface area (Å²) in [5.41, 5.74) is 2.29. The Labute approximate surface area is 212 Å². The summed E-state index contributed by atoms with van der Waals surface area (Å²) in [5, 5.41) is 12.3. The lowest BCUT2D eigenvalue weighted by atomic mass is 10.0. The minimum absolute atomic E-state index is 0.0124. The zero-order valence-electron chi connectivity index (χ0n) is 18.5. The van der Waals surface area contributed by atoms with Crippen molar-refractivity contribution >= 4 is 40.4 Å². The van der Waals surface area contributed by atoms with Gasteiger partial charge in [-0.15, -0.1) is 0 Å². The first kappa shape index (κ1) is 22.3. The van der Waals surface area contributed by atoms with Gasteiger partial charge in [0.25, 0.3) is 11.2 Å². The summed E-state index contributed by atoms with van der Waals surface area (Å²) >= 11 is 7.28. The van der Waals surface area contributed by atoms with Crippen molar-refractivity contribution in [1.82, 2.24) is 4.57 Å². The van der Waals surface area contributed by atoms with Crippen molar-refractivity contribution in [1.29, 1.82) is 0 Å². The SMILES string of the molecule is O=c1c(=Cc2cc3c(cc2[N+](=O)[O-])OCO3)sc2n1C(c1ccc(Cl)cc1)C=C(c1ccccc1)N=2. The molecule has 4 aromatic rings. The molecule has 10 heteroatoms. The molecule has 0 spiro atoms. The van der Waals surface area contributed by atoms with E-state index >= 15 is 0 Å². The van der Waals surface area contributed by atoms with Gasteiger partial charge in [-0.25, -0.2) is 4.99 Å². The van der Waals surface area contributed by atoms with Gasteiger partial charge in [-0.05, 0) is 41.5 Å². The van der Waals surface area contributed by atoms with Crippen molar-refractivity contribution in [3.63, 3.8) is 0 Å². The summed E-state index contributed by atoms with van der Waals surface area (Å²) in [6.07, 6.45) is 3.45. The van der Waals surface area contributed by atoms with Crippen LogP contribution in [-0.2, 0) is 0 Å². The highest BCUT2D eigenvalue weighted by atomic mass is 35.5. The topological polar surface area (TPSA) is 96.0 Å². The third-order valence-electron chi connectivity index (χ3n) is 5.93. The quantitative estimate of drug-likeness (QED) is 0.297. The zero-order valence-corrected chi connectivity index (χ0v) is 20.0. The monoisotopic (exact) mass is 517 g/mol. The number of halogens is 1. The molecule has 1 atom stereocenters. The van der Waals surface area contributed by atoms with E-state index in [2.05, 4.69) is 0 Å². The minimum Gasteiger partial charge on any atom is -0.454 e. The number of aromatic nitrogens is 1. The number of benzene rings is 3. The van der Waals surface area contributed by atoms with Gasteiger partial charge in [0.15, 0.2) is 16.3 Å². The molecule has 0 fully saturated rings. The standard InChI is InChI=1S/C26H16ClN3O5S/c27-18-8-6-16(7-9-18)20-12-19(15-4-2-1-3-5-15)28-26-29(20)25(31)24(36-26)11-17-10-22-23(35-14-34-22)13-21(17)30(32)33/h1-13,20H,14H2. The van der Waals surface area contributed by atoms with Crippen LogP contribution in [0.4, 0.5) is 5.69 Å². The first-order chi connectivity index (χ1) is 17.5. The van der Waals surface area contributed by atoms with Gasteiger partial charge in [-0.3, -0.25) is 19.5 Å². The molecule has 3 aromatic carbocycles. The Kier molecular flexibility index (Phi) is 5.43. The molecule has 1 unspecified atom stereocenters. The minimum atomic E-state index is -0.505. The second-order valence-corrected chi connectivity index (χ2v) is 9.56. The summed E-state index contributed by atoms with van der Waals surface area (Å²) in [6.45, 7) is -0.0124. The normalized spacial score (nSPS) is 16.3. The molecule has 0 radical (unpaired) electrons. The smallest absolute Gasteiger partial charge is 0.280 e. The first-order valence-electron chi connectivity index (χ1n) is 10.9. The van der Waals surface area contributed by atoms with E-state index in [4.69, 9.17) is 26.1 Å². The largest absolute Gasteiger partial charge is 0.454 e. The number of thiazole rings is 1. The number of fused-ring (bicyclic) bond motifs is 2. The number of nitro groups is 1. The zero-order chi connectivity index (χ0) is 24.8. The van der Waals surface area contributed by atoms with Crippen molar-refractivity contribution in [3.05, 3.63) is 124 Å². The number of ether oxygens (including phenoxy) is 2. The molecule has 36 heavy (non-hydrogen) atoms. The Morgan fingerprint density at radius 1 is 1.08 bits per heavy atom. The van der Waals surface area contributed by atoms with E-state index in [1.165, 1.54) is 29.5 Å². The van der Waals surface area contributed by atoms with Crippen molar-refractivity contribution in [2.24, 2.45) is 4.99 Å². The molecule has 0 bridgehead atoms. The second kappa shape index (κ2) is 8.78. The van der Waals surface area contributed by atoms with Crippen LogP contribution < -0.4 is 24.4 Å². The highest BCUT2D eigenvalue weighted by Crippen LogP contribution is 2.38. The molecule has 2 aliphatic heterocycles. The average Bonchev–Trinajstić information content (AvgIpc) is 3.47. The summed E-state index contributed by atoms with van der Waals surface area (Å²) in [6, 6.07) is 19.4. The van der Waals surface area contributed by atoms with Crippen LogP contribution in [0.2, 0.25) is 5.02 Å². The Balaban J connectivity index is 1.57. The Bertz CT molecular complexity index is 1730. The van der Waals surface area contributed by atoms with E-state index in [-0.39, 0.29) is 23.6 Å². The van der Waals surface area contributed by atoms with Crippen molar-refractivity contribution < 1.29 is 14.4 Å². The van der Waals surface area contributed by atoms with Crippen molar-refractivity contribution in [2.75, 3.05) is 6.79 Å². The number of rotatable bonds is 4. The molecule has 2 aliphatic rings. The van der Waals surface area contributed by atoms with Crippen molar-refractivity contribution in [3.8, 4) is 11.5 Å². The molecule has 0 saturated heterocycles. The van der Waals surface area contributed by atoms with Gasteiger partial charge in [-0.2, -0.15) is 0 Å². The number of hydrogen-bond acceptors (Lipinski definition) is 7. The van der Waals surface area contributed by atoms with E-state index in [0.29, 0.717) is 25.9 Å². The predicted molar refractivity (Wildman–Crippen MR) is 136 cm³/mol. The molecule has 0 aliphatic carbocycles. The first-order valence-corrected chi connectivity index (χ1v) is 12.1. The summed E-state index contributed by atoms with van der Waals surface area (Å²) in [5.74, 6) is 0.695. The summed E-state index contributed by atoms with van der Waals surface area (Å²) in [4.78, 5) is 30.1. The number of nitro benzene ring substituents is 1. The lowest BCUT2D eigenvalue weighted by Gasteiger charge is -2.19. The fraction of sp³-hybridized carbons (Fsp3) is 0.0769. The molecule has 6 rings (SSSR count). The van der Waals surface area contributed by atoms with E-state index in [1.807, 2.05) is 48.5 Å². The Morgan fingerprint density at radius 2 is 1.81 bits per heavy atom. The number of allylic oxidation sites excluding steroid dienone is 1. The lowest BCUT2D eigenvalue weighted by molar-refractivity contribution is -0.385. The fourth-order valence-electron chi connectivity index (χ4n) is 4.21. The molecule has 0 saturated carbocycles. The number of nitrogens with zero attached hydrogens (tertiary/aromatic N) is 3. The van der Waals surface area contributed by atoms with Crippen LogP contribution in [0.5, 0.6) is 11.5 Å². The highest BCUT2D eigenvalue weighted by molar-refractivity contribution is 7.07. The predicted octanol–water partition coefficient (Wildman–Crippen LogP) is 4.29. The second-order valence-electron chi connectivity index (χ2n) is 8.12. The van der Waals surface area contributed by atoms with E-state index in [9.17, 15) is 14.9 Å². The fourth-order valence-corrected chi connectivity index (χ4v) is 5.34. The van der Waals surface area contributed by atoms with Crippen LogP contribution in [0.25, 0.3) is 11.8 Å². The molecular weight excluding hydrogens is 502 g/mol. The summed E-state index contributed by atoms with van der Waals surface area (Å²) in [7, 11) is 0. The molecule has 3 heterocycles. The molecular formula is C26H16ClN3O5S. The van der Waals surface area contributed by atoms with Gasteiger partial charge in [0, 0.05) is 5.02 Å². The highest BCUT2D eigenvalue weighted by Gasteiger charge is 2.25. The van der Waals surface area contributed by atoms with Gasteiger partial charge in [0.2, 0.25) is 6.79 Å². The Hall–Kier alpha value is -4.21. The third kappa shape index (κ3) is 3.88. The maximum Gasteiger partial charge on any atom is 0.280 e. The van der Waals surface area contributed by atoms with Gasteiger partial charge in [0.05, 0.1) is 32.8 Å². The third-order valence-corrected chi connectivity index (χ3v) is 7.17. The van der Waals surface area contributed by atoms with Crippen LogP contribution in [0.1, 0.15) is 22.7 Å².